The number of amides is 3. The van der Waals surface area contributed by atoms with E-state index in [-0.39, 0.29) is 17.1 Å². The van der Waals surface area contributed by atoms with Crippen LogP contribution in [-0.4, -0.2) is 27.6 Å². The molecule has 0 aliphatic heterocycles. The van der Waals surface area contributed by atoms with Crippen molar-refractivity contribution in [2.45, 2.75) is 17.1 Å². The lowest BCUT2D eigenvalue weighted by Crippen LogP contribution is -2.30. The Balaban J connectivity index is 1.39. The molecule has 5 aromatic rings. The molecule has 3 N–H and O–H groups in total. The minimum atomic E-state index is -0.774. The number of nitro groups is 2. The van der Waals surface area contributed by atoms with Crippen LogP contribution in [0.2, 0.25) is 0 Å². The highest BCUT2D eigenvalue weighted by Crippen LogP contribution is 2.38. The van der Waals surface area contributed by atoms with Gasteiger partial charge in [0.2, 0.25) is 5.91 Å². The van der Waals surface area contributed by atoms with Gasteiger partial charge in [0.05, 0.1) is 15.5 Å². The molecule has 5 rings (SSSR count). The molecular formula is C37H29N5O7S. The SMILES string of the molecule is Cc1ccc([N+](=O)[O-])cc1NC(=O)C(Sc1cccc(NC(=O)/C(=C\c2ccc([N+](=O)[O-])cc2)NC(=O)c2ccccc2)c1)c1ccccc1. The molecule has 0 saturated carbocycles. The van der Waals surface area contributed by atoms with Crippen molar-refractivity contribution in [1.82, 2.24) is 5.32 Å². The van der Waals surface area contributed by atoms with Crippen molar-refractivity contribution in [1.29, 1.82) is 0 Å². The van der Waals surface area contributed by atoms with E-state index in [1.165, 1.54) is 54.2 Å². The number of nitrogens with zero attached hydrogens (tertiary/aromatic N) is 2. The number of rotatable bonds is 12. The largest absolute Gasteiger partial charge is 0.324 e. The van der Waals surface area contributed by atoms with Gasteiger partial charge in [-0.1, -0.05) is 60.7 Å². The lowest BCUT2D eigenvalue weighted by molar-refractivity contribution is -0.385. The second kappa shape index (κ2) is 16.0. The number of aryl methyl sites for hydroxylation is 1. The molecule has 12 nitrogen and oxygen atoms in total. The molecule has 0 heterocycles. The standard InChI is InChI=1S/C37H29N5O7S/c1-24-15-18-30(42(48)49)23-32(24)39-37(45)34(26-9-4-2-5-10-26)50-31-14-8-13-28(22-31)38-36(44)33(40-35(43)27-11-6-3-7-12-27)21-25-16-19-29(20-17-25)41(46)47/h2-23,34H,1H3,(H,38,44)(H,39,45)(H,40,43)/b33-21+. The molecule has 1 atom stereocenters. The lowest BCUT2D eigenvalue weighted by atomic mass is 10.1. The first-order valence-corrected chi connectivity index (χ1v) is 16.0. The predicted octanol–water partition coefficient (Wildman–Crippen LogP) is 7.69. The van der Waals surface area contributed by atoms with Crippen LogP contribution in [0.4, 0.5) is 22.7 Å². The first-order chi connectivity index (χ1) is 24.1. The Hall–Kier alpha value is -6.60. The summed E-state index contributed by atoms with van der Waals surface area (Å²) >= 11 is 1.21. The van der Waals surface area contributed by atoms with E-state index in [1.807, 2.05) is 6.07 Å². The minimum Gasteiger partial charge on any atom is -0.324 e. The molecule has 0 saturated heterocycles. The third kappa shape index (κ3) is 9.05. The van der Waals surface area contributed by atoms with E-state index in [9.17, 15) is 34.6 Å². The van der Waals surface area contributed by atoms with Crippen molar-refractivity contribution >= 4 is 58.3 Å². The quantitative estimate of drug-likeness (QED) is 0.0518. The van der Waals surface area contributed by atoms with E-state index >= 15 is 0 Å². The lowest BCUT2D eigenvalue weighted by Gasteiger charge is -2.18. The number of carbonyl (C=O) groups excluding carboxylic acids is 3. The van der Waals surface area contributed by atoms with E-state index < -0.39 is 32.8 Å². The van der Waals surface area contributed by atoms with Crippen molar-refractivity contribution in [2.75, 3.05) is 10.6 Å². The molecule has 0 fully saturated rings. The molecule has 250 valence electrons. The topological polar surface area (TPSA) is 174 Å². The van der Waals surface area contributed by atoms with Crippen LogP contribution in [0, 0.1) is 27.2 Å². The van der Waals surface area contributed by atoms with Gasteiger partial charge >= 0.3 is 0 Å². The highest BCUT2D eigenvalue weighted by atomic mass is 32.2. The summed E-state index contributed by atoms with van der Waals surface area (Å²) in [6.45, 7) is 1.74. The summed E-state index contributed by atoms with van der Waals surface area (Å²) in [7, 11) is 0. The van der Waals surface area contributed by atoms with Crippen molar-refractivity contribution in [3.63, 3.8) is 0 Å². The second-order valence-corrected chi connectivity index (χ2v) is 12.0. The average molecular weight is 688 g/mol. The predicted molar refractivity (Wildman–Crippen MR) is 192 cm³/mol. The van der Waals surface area contributed by atoms with Crippen molar-refractivity contribution in [2.24, 2.45) is 0 Å². The van der Waals surface area contributed by atoms with E-state index in [0.717, 1.165) is 0 Å². The fourth-order valence-electron chi connectivity index (χ4n) is 4.74. The van der Waals surface area contributed by atoms with Crippen LogP contribution in [0.25, 0.3) is 6.08 Å². The van der Waals surface area contributed by atoms with Crippen LogP contribution < -0.4 is 16.0 Å². The number of non-ortho nitro benzene ring substituents is 2. The maximum Gasteiger partial charge on any atom is 0.272 e. The van der Waals surface area contributed by atoms with Gasteiger partial charge < -0.3 is 16.0 Å². The van der Waals surface area contributed by atoms with Crippen molar-refractivity contribution in [3.8, 4) is 0 Å². The number of benzene rings is 5. The summed E-state index contributed by atoms with van der Waals surface area (Å²) in [6.07, 6.45) is 1.41. The Kier molecular flexibility index (Phi) is 11.1. The summed E-state index contributed by atoms with van der Waals surface area (Å²) in [5, 5.41) is 29.9. The molecule has 13 heteroatoms. The summed E-state index contributed by atoms with van der Waals surface area (Å²) in [5.41, 5.74) is 2.39. The zero-order valence-electron chi connectivity index (χ0n) is 26.4. The maximum atomic E-state index is 13.7. The highest BCUT2D eigenvalue weighted by molar-refractivity contribution is 8.00. The summed E-state index contributed by atoms with van der Waals surface area (Å²) < 4.78 is 0. The number of carbonyl (C=O) groups is 3. The van der Waals surface area contributed by atoms with Gasteiger partial charge in [0.1, 0.15) is 10.9 Å². The van der Waals surface area contributed by atoms with Crippen molar-refractivity contribution in [3.05, 3.63) is 176 Å². The van der Waals surface area contributed by atoms with Gasteiger partial charge in [-0.2, -0.15) is 0 Å². The van der Waals surface area contributed by atoms with E-state index in [4.69, 9.17) is 0 Å². The van der Waals surface area contributed by atoms with Gasteiger partial charge in [-0.05, 0) is 72.2 Å². The van der Waals surface area contributed by atoms with Crippen LogP contribution in [0.1, 0.15) is 32.3 Å². The molecule has 0 aliphatic rings. The summed E-state index contributed by atoms with van der Waals surface area (Å²) in [6, 6.07) is 33.9. The Labute approximate surface area is 290 Å². The Bertz CT molecular complexity index is 2090. The first-order valence-electron chi connectivity index (χ1n) is 15.1. The summed E-state index contributed by atoms with van der Waals surface area (Å²) in [4.78, 5) is 62.4. The van der Waals surface area contributed by atoms with Gasteiger partial charge in [-0.3, -0.25) is 34.6 Å². The number of anilines is 2. The Morgan fingerprint density at radius 3 is 2.02 bits per heavy atom. The number of hydrogen-bond donors (Lipinski definition) is 3. The third-order valence-corrected chi connectivity index (χ3v) is 8.57. The smallest absolute Gasteiger partial charge is 0.272 e. The fraction of sp³-hybridized carbons (Fsp3) is 0.0541. The molecule has 0 aromatic heterocycles. The molecule has 0 bridgehead atoms. The number of thioether (sulfide) groups is 1. The second-order valence-electron chi connectivity index (χ2n) is 10.9. The number of nitro benzene ring substituents is 2. The number of nitrogens with one attached hydrogen (secondary N) is 3. The fourth-order valence-corrected chi connectivity index (χ4v) is 5.82. The van der Waals surface area contributed by atoms with E-state index in [0.29, 0.717) is 38.5 Å². The molecule has 0 radical (unpaired) electrons. The van der Waals surface area contributed by atoms with E-state index in [1.54, 1.807) is 91.9 Å². The molecule has 0 aliphatic carbocycles. The minimum absolute atomic E-state index is 0.111. The van der Waals surface area contributed by atoms with Gasteiger partial charge in [-0.25, -0.2) is 0 Å². The highest BCUT2D eigenvalue weighted by Gasteiger charge is 2.24. The normalized spacial score (nSPS) is 11.6. The zero-order valence-corrected chi connectivity index (χ0v) is 27.3. The molecule has 50 heavy (non-hydrogen) atoms. The summed E-state index contributed by atoms with van der Waals surface area (Å²) in [5.74, 6) is -1.60. The zero-order chi connectivity index (χ0) is 35.6. The maximum absolute atomic E-state index is 13.7. The first kappa shape index (κ1) is 34.7. The average Bonchev–Trinajstić information content (AvgIpc) is 3.12. The van der Waals surface area contributed by atoms with Crippen LogP contribution in [0.5, 0.6) is 0 Å². The Morgan fingerprint density at radius 2 is 1.36 bits per heavy atom. The van der Waals surface area contributed by atoms with Crippen LogP contribution in [0.3, 0.4) is 0 Å². The van der Waals surface area contributed by atoms with Crippen molar-refractivity contribution < 1.29 is 24.2 Å². The molecule has 0 spiro atoms. The number of hydrogen-bond acceptors (Lipinski definition) is 8. The van der Waals surface area contributed by atoms with Gasteiger partial charge in [0.15, 0.2) is 0 Å². The van der Waals surface area contributed by atoms with Gasteiger partial charge in [-0.15, -0.1) is 11.8 Å². The Morgan fingerprint density at radius 1 is 0.720 bits per heavy atom. The molecular weight excluding hydrogens is 659 g/mol. The van der Waals surface area contributed by atoms with Gasteiger partial charge in [0, 0.05) is 40.4 Å². The van der Waals surface area contributed by atoms with Crippen LogP contribution in [0.15, 0.2) is 138 Å². The van der Waals surface area contributed by atoms with E-state index in [2.05, 4.69) is 16.0 Å². The van der Waals surface area contributed by atoms with Gasteiger partial charge in [0.25, 0.3) is 23.2 Å². The molecule has 3 amide bonds. The third-order valence-electron chi connectivity index (χ3n) is 7.32. The van der Waals surface area contributed by atoms with Crippen LogP contribution >= 0.6 is 11.8 Å². The molecule has 1 unspecified atom stereocenters. The van der Waals surface area contributed by atoms with Crippen LogP contribution in [-0.2, 0) is 9.59 Å². The monoisotopic (exact) mass is 687 g/mol. The molecule has 5 aromatic carbocycles.